The van der Waals surface area contributed by atoms with Gasteiger partial charge in [0.05, 0.1) is 11.0 Å². The van der Waals surface area contributed by atoms with Crippen molar-refractivity contribution in [2.45, 2.75) is 26.9 Å². The molecule has 0 saturated heterocycles. The van der Waals surface area contributed by atoms with E-state index in [0.717, 1.165) is 5.92 Å². The highest BCUT2D eigenvalue weighted by Crippen LogP contribution is 2.31. The predicted octanol–water partition coefficient (Wildman–Crippen LogP) is 3.51. The molecule has 0 bridgehead atoms. The van der Waals surface area contributed by atoms with Crippen LogP contribution < -0.4 is 4.74 Å². The molecule has 1 aromatic rings. The van der Waals surface area contributed by atoms with Gasteiger partial charge < -0.3 is 4.74 Å². The first-order valence-electron chi connectivity index (χ1n) is 5.37. The van der Waals surface area contributed by atoms with Gasteiger partial charge in [-0.3, -0.25) is 10.1 Å². The van der Waals surface area contributed by atoms with Crippen molar-refractivity contribution >= 4 is 5.69 Å². The monoisotopic (exact) mass is 234 g/mol. The summed E-state index contributed by atoms with van der Waals surface area (Å²) in [5.41, 5.74) is 0.764. The third-order valence-corrected chi connectivity index (χ3v) is 2.27. The second kappa shape index (κ2) is 5.48. The minimum absolute atomic E-state index is 0.0211. The molecule has 0 unspecified atom stereocenters. The lowest BCUT2D eigenvalue weighted by atomic mass is 9.99. The number of non-ortho nitro benzene ring substituents is 1. The van der Waals surface area contributed by atoms with Crippen LogP contribution in [0.3, 0.4) is 0 Å². The molecule has 1 radical (unpaired) electrons. The van der Waals surface area contributed by atoms with E-state index in [4.69, 9.17) is 4.74 Å². The summed E-state index contributed by atoms with van der Waals surface area (Å²) in [6.45, 7) is 9.34. The highest BCUT2D eigenvalue weighted by molar-refractivity contribution is 5.52. The molecule has 0 aromatic heterocycles. The zero-order valence-electron chi connectivity index (χ0n) is 10.3. The van der Waals surface area contributed by atoms with E-state index in [1.807, 2.05) is 20.8 Å². The van der Waals surface area contributed by atoms with Gasteiger partial charge in [-0.2, -0.15) is 0 Å². The van der Waals surface area contributed by atoms with Crippen LogP contribution in [0.4, 0.5) is 5.69 Å². The summed E-state index contributed by atoms with van der Waals surface area (Å²) in [7, 11) is 0. The van der Waals surface area contributed by atoms with Gasteiger partial charge in [0, 0.05) is 23.6 Å². The van der Waals surface area contributed by atoms with E-state index < -0.39 is 4.92 Å². The molecule has 0 atom stereocenters. The Balaban J connectivity index is 3.20. The average Bonchev–Trinajstić information content (AvgIpc) is 2.27. The van der Waals surface area contributed by atoms with Crippen LogP contribution in [-0.2, 0) is 0 Å². The molecule has 0 spiro atoms. The zero-order valence-corrected chi connectivity index (χ0v) is 10.3. The van der Waals surface area contributed by atoms with Gasteiger partial charge >= 0.3 is 0 Å². The van der Waals surface area contributed by atoms with E-state index >= 15 is 0 Å². The number of rotatable bonds is 5. The summed E-state index contributed by atoms with van der Waals surface area (Å²) in [5.74, 6) is 1.49. The molecule has 0 amide bonds. The van der Waals surface area contributed by atoms with E-state index in [1.165, 1.54) is 12.1 Å². The maximum atomic E-state index is 10.7. The SMILES string of the molecule is C=C[C](C)c1cc([N+](=O)[O-])ccc1OC(C)C. The molecule has 0 saturated carbocycles. The average molecular weight is 234 g/mol. The zero-order chi connectivity index (χ0) is 13.0. The van der Waals surface area contributed by atoms with Crippen LogP contribution >= 0.6 is 0 Å². The van der Waals surface area contributed by atoms with Gasteiger partial charge in [-0.15, -0.1) is 6.58 Å². The first-order chi connectivity index (χ1) is 7.95. The molecule has 0 aliphatic heterocycles. The second-order valence-electron chi connectivity index (χ2n) is 3.99. The highest BCUT2D eigenvalue weighted by Gasteiger charge is 2.16. The van der Waals surface area contributed by atoms with Crippen LogP contribution in [-0.4, -0.2) is 11.0 Å². The summed E-state index contributed by atoms with van der Waals surface area (Å²) in [5, 5.41) is 10.7. The third-order valence-electron chi connectivity index (χ3n) is 2.27. The quantitative estimate of drug-likeness (QED) is 0.578. The lowest BCUT2D eigenvalue weighted by molar-refractivity contribution is -0.384. The maximum absolute atomic E-state index is 10.7. The molecular weight excluding hydrogens is 218 g/mol. The summed E-state index contributed by atoms with van der Waals surface area (Å²) in [4.78, 5) is 10.3. The largest absolute Gasteiger partial charge is 0.491 e. The van der Waals surface area contributed by atoms with E-state index in [9.17, 15) is 10.1 Å². The van der Waals surface area contributed by atoms with E-state index in [0.29, 0.717) is 11.3 Å². The van der Waals surface area contributed by atoms with Crippen molar-refractivity contribution in [2.24, 2.45) is 0 Å². The number of ether oxygens (including phenoxy) is 1. The Morgan fingerprint density at radius 3 is 2.65 bits per heavy atom. The molecule has 0 aliphatic carbocycles. The lowest BCUT2D eigenvalue weighted by Crippen LogP contribution is -2.08. The molecule has 1 rings (SSSR count). The first-order valence-corrected chi connectivity index (χ1v) is 5.37. The van der Waals surface area contributed by atoms with Gasteiger partial charge in [-0.05, 0) is 19.9 Å². The van der Waals surface area contributed by atoms with Gasteiger partial charge in [0.2, 0.25) is 0 Å². The molecule has 0 fully saturated rings. The van der Waals surface area contributed by atoms with Crippen molar-refractivity contribution in [1.29, 1.82) is 0 Å². The van der Waals surface area contributed by atoms with E-state index in [1.54, 1.807) is 12.1 Å². The Kier molecular flexibility index (Phi) is 4.26. The Morgan fingerprint density at radius 2 is 2.18 bits per heavy atom. The number of nitro groups is 1. The molecule has 17 heavy (non-hydrogen) atoms. The van der Waals surface area contributed by atoms with Gasteiger partial charge in [0.15, 0.2) is 0 Å². The molecule has 0 aliphatic rings. The maximum Gasteiger partial charge on any atom is 0.270 e. The topological polar surface area (TPSA) is 52.4 Å². The number of benzene rings is 1. The van der Waals surface area contributed by atoms with Crippen molar-refractivity contribution in [1.82, 2.24) is 0 Å². The van der Waals surface area contributed by atoms with Crippen molar-refractivity contribution in [3.63, 3.8) is 0 Å². The smallest absolute Gasteiger partial charge is 0.270 e. The number of hydrogen-bond acceptors (Lipinski definition) is 3. The molecule has 91 valence electrons. The van der Waals surface area contributed by atoms with Crippen LogP contribution in [0, 0.1) is 16.0 Å². The van der Waals surface area contributed by atoms with E-state index in [-0.39, 0.29) is 11.8 Å². The third kappa shape index (κ3) is 3.31. The van der Waals surface area contributed by atoms with Crippen molar-refractivity contribution < 1.29 is 9.66 Å². The minimum atomic E-state index is -0.418. The number of hydrogen-bond donors (Lipinski definition) is 0. The lowest BCUT2D eigenvalue weighted by Gasteiger charge is -2.16. The van der Waals surface area contributed by atoms with Crippen LogP contribution in [0.5, 0.6) is 5.75 Å². The van der Waals surface area contributed by atoms with Crippen molar-refractivity contribution in [2.75, 3.05) is 0 Å². The predicted molar refractivity (Wildman–Crippen MR) is 67.1 cm³/mol. The standard InChI is InChI=1S/C13H16NO3/c1-5-10(4)12-8-11(14(15)16)6-7-13(12)17-9(2)3/h5-9H,1H2,2-4H3. The van der Waals surface area contributed by atoms with Crippen LogP contribution in [0.15, 0.2) is 30.9 Å². The fourth-order valence-electron chi connectivity index (χ4n) is 1.41. The van der Waals surface area contributed by atoms with Gasteiger partial charge in [-0.25, -0.2) is 0 Å². The Morgan fingerprint density at radius 1 is 1.53 bits per heavy atom. The number of allylic oxidation sites excluding steroid dienone is 1. The first kappa shape index (κ1) is 13.2. The van der Waals surface area contributed by atoms with Crippen molar-refractivity contribution in [3.8, 4) is 5.75 Å². The van der Waals surface area contributed by atoms with Gasteiger partial charge in [0.25, 0.3) is 5.69 Å². The van der Waals surface area contributed by atoms with Crippen molar-refractivity contribution in [3.05, 3.63) is 52.4 Å². The fraction of sp³-hybridized carbons (Fsp3) is 0.308. The van der Waals surface area contributed by atoms with Crippen LogP contribution in [0.2, 0.25) is 0 Å². The summed E-state index contributed by atoms with van der Waals surface area (Å²) >= 11 is 0. The highest BCUT2D eigenvalue weighted by atomic mass is 16.6. The summed E-state index contributed by atoms with van der Waals surface area (Å²) in [6.07, 6.45) is 1.68. The number of nitrogens with zero attached hydrogens (tertiary/aromatic N) is 1. The molecule has 4 heteroatoms. The molecule has 1 aromatic carbocycles. The fourth-order valence-corrected chi connectivity index (χ4v) is 1.41. The molecular formula is C13H16NO3. The molecule has 0 N–H and O–H groups in total. The van der Waals surface area contributed by atoms with Crippen LogP contribution in [0.1, 0.15) is 26.3 Å². The molecule has 0 heterocycles. The minimum Gasteiger partial charge on any atom is -0.491 e. The summed E-state index contributed by atoms with van der Waals surface area (Å²) in [6, 6.07) is 4.58. The van der Waals surface area contributed by atoms with E-state index in [2.05, 4.69) is 6.58 Å². The van der Waals surface area contributed by atoms with Gasteiger partial charge in [-0.1, -0.05) is 13.0 Å². The second-order valence-corrected chi connectivity index (χ2v) is 3.99. The number of nitro benzene ring substituents is 1. The normalized spacial score (nSPS) is 10.6. The summed E-state index contributed by atoms with van der Waals surface area (Å²) < 4.78 is 5.61. The van der Waals surface area contributed by atoms with Gasteiger partial charge in [0.1, 0.15) is 5.75 Å². The van der Waals surface area contributed by atoms with Crippen LogP contribution in [0.25, 0.3) is 0 Å². The Bertz CT molecular complexity index is 427. The molecule has 4 nitrogen and oxygen atoms in total. The Hall–Kier alpha value is -1.84. The Labute approximate surface area is 101 Å².